The van der Waals surface area contributed by atoms with E-state index in [4.69, 9.17) is 4.74 Å². The van der Waals surface area contributed by atoms with E-state index < -0.39 is 11.9 Å². The van der Waals surface area contributed by atoms with Crippen molar-refractivity contribution in [2.45, 2.75) is 32.6 Å². The molecule has 0 unspecified atom stereocenters. The number of ketones is 1. The highest BCUT2D eigenvalue weighted by atomic mass is 19.1. The molecule has 0 saturated heterocycles. The molecule has 9 aromatic carbocycles. The number of carboxylic acid groups (broad SMARTS) is 1. The number of aromatic carboxylic acids is 1. The largest absolute Gasteiger partial charge is 0.478 e. The number of ether oxygens (including phenoxy) is 1. The molecule has 28 nitrogen and oxygen atoms in total. The Labute approximate surface area is 819 Å². The minimum absolute atomic E-state index is 0.00505. The standard InChI is InChI=1S/C30H24N4O2.C29H23N5O3.C28H21N5O3.C27H20FN5O/c1-20(35)24-6-11-28-27(19-24)29(14-17-32-28)33-25-9-4-23(5-10-25)30(36)34-26-7-2-21(3-8-26)18-22-12-15-31-16-13-22;1-37-29(36)21-4-8-25-24(17-21)26(12-15-31-25)34-27-9-5-22(18-32-27)28(35)33-23-6-2-19(3-7-23)16-20-10-13-30-14-11-20;34-27(32-22-5-1-18(2-6-22)15-19-9-12-29-13-10-19)21-4-8-26(31-17-21)33-25-11-14-30-24-7-3-20(28(35)36)16-23(24)25;28-21-4-7-24-23(16-21)25(11-14-30-24)33-26-8-3-20(17-31-26)27(34)32-22-5-1-18(2-6-22)15-19-9-12-29-13-10-19/h2-17,19H,18H2,1H3,(H,32,33)(H,34,36);2-15,17-18H,16H2,1H3,(H,33,35)(H,31,32,34);1-14,16-17H,15H2,(H,32,34)(H,35,36)(H,30,31,33);1-14,16-17H,15H2,(H,32,34)(H,30,31,33). The number of esters is 1. The third-order valence-electron chi connectivity index (χ3n) is 22.8. The molecule has 29 heteroatoms. The fraction of sp³-hybridized carbons (Fsp3) is 0.0526. The second kappa shape index (κ2) is 45.8. The number of rotatable bonds is 27. The molecular weight excluding hydrogens is 1800 g/mol. The summed E-state index contributed by atoms with van der Waals surface area (Å²) in [6.45, 7) is 1.55. The molecule has 0 fully saturated rings. The number of Topliss-reactive ketones (excluding diaryl/α,β-unsaturated/α-hetero) is 1. The third-order valence-corrected chi connectivity index (χ3v) is 22.8. The van der Waals surface area contributed by atoms with Gasteiger partial charge in [-0.15, -0.1) is 0 Å². The van der Waals surface area contributed by atoms with Crippen LogP contribution >= 0.6 is 0 Å². The topological polar surface area (TPSA) is 387 Å². The fourth-order valence-electron chi connectivity index (χ4n) is 15.3. The minimum atomic E-state index is -1.01. The highest BCUT2D eigenvalue weighted by molar-refractivity contribution is 6.08. The highest BCUT2D eigenvalue weighted by Crippen LogP contribution is 2.33. The van der Waals surface area contributed by atoms with Gasteiger partial charge < -0.3 is 52.4 Å². The molecular formula is C114H88FN19O9. The molecule has 0 aliphatic heterocycles. The lowest BCUT2D eigenvalue weighted by Crippen LogP contribution is -2.12. The Balaban J connectivity index is 0.000000131. The van der Waals surface area contributed by atoms with Gasteiger partial charge in [0.2, 0.25) is 0 Å². The number of aromatic nitrogens is 11. The predicted molar refractivity (Wildman–Crippen MR) is 553 cm³/mol. The van der Waals surface area contributed by atoms with E-state index >= 15 is 0 Å². The summed E-state index contributed by atoms with van der Waals surface area (Å²) in [7, 11) is 1.34. The number of hydrogen-bond acceptors (Lipinski definition) is 23. The number of carboxylic acids is 1. The Morgan fingerprint density at radius 1 is 0.266 bits per heavy atom. The van der Waals surface area contributed by atoms with E-state index in [2.05, 4.69) is 97.4 Å². The molecule has 20 rings (SSSR count). The van der Waals surface area contributed by atoms with E-state index in [-0.39, 0.29) is 40.8 Å². The Morgan fingerprint density at radius 2 is 0.531 bits per heavy atom. The number of pyridine rings is 11. The van der Waals surface area contributed by atoms with Gasteiger partial charge in [0.1, 0.15) is 23.3 Å². The van der Waals surface area contributed by atoms with Crippen LogP contribution in [0.4, 0.5) is 73.0 Å². The zero-order valence-corrected chi connectivity index (χ0v) is 76.9. The quantitative estimate of drug-likeness (QED) is 0.0170. The molecule has 0 atom stereocenters. The first-order valence-electron chi connectivity index (χ1n) is 45.1. The van der Waals surface area contributed by atoms with Crippen LogP contribution < -0.4 is 42.5 Å². The van der Waals surface area contributed by atoms with Crippen molar-refractivity contribution >= 4 is 154 Å². The molecule has 143 heavy (non-hydrogen) atoms. The van der Waals surface area contributed by atoms with Crippen molar-refractivity contribution in [1.29, 1.82) is 0 Å². The lowest BCUT2D eigenvalue weighted by Gasteiger charge is -2.11. The fourth-order valence-corrected chi connectivity index (χ4v) is 15.3. The van der Waals surface area contributed by atoms with E-state index in [0.29, 0.717) is 101 Å². The number of benzene rings is 9. The zero-order valence-electron chi connectivity index (χ0n) is 76.9. The van der Waals surface area contributed by atoms with Gasteiger partial charge in [-0.2, -0.15) is 0 Å². The van der Waals surface area contributed by atoms with E-state index in [1.165, 1.54) is 66.2 Å². The second-order valence-corrected chi connectivity index (χ2v) is 32.8. The number of hydrogen-bond donors (Lipinski definition) is 9. The molecule has 0 spiro atoms. The van der Waals surface area contributed by atoms with Crippen molar-refractivity contribution < 1.29 is 47.8 Å². The molecule has 0 saturated carbocycles. The van der Waals surface area contributed by atoms with Crippen LogP contribution in [0.3, 0.4) is 0 Å². The first-order chi connectivity index (χ1) is 69.8. The van der Waals surface area contributed by atoms with Crippen molar-refractivity contribution in [3.05, 3.63) is 486 Å². The molecule has 9 N–H and O–H groups in total. The van der Waals surface area contributed by atoms with Crippen LogP contribution in [0, 0.1) is 5.82 Å². The number of amides is 4. The van der Waals surface area contributed by atoms with E-state index in [1.807, 2.05) is 176 Å². The van der Waals surface area contributed by atoms with E-state index in [9.17, 15) is 43.1 Å². The summed E-state index contributed by atoms with van der Waals surface area (Å²) in [6, 6.07) is 91.3. The average Bonchev–Trinajstić information content (AvgIpc) is 0.809. The molecule has 11 aromatic heterocycles. The lowest BCUT2D eigenvalue weighted by atomic mass is 10.1. The Morgan fingerprint density at radius 3 is 0.846 bits per heavy atom. The zero-order chi connectivity index (χ0) is 98.8. The number of carbonyl (C=O) groups is 7. The van der Waals surface area contributed by atoms with Crippen molar-refractivity contribution in [1.82, 2.24) is 54.8 Å². The molecule has 700 valence electrons. The molecule has 0 radical (unpaired) electrons. The second-order valence-electron chi connectivity index (χ2n) is 32.8. The van der Waals surface area contributed by atoms with Crippen LogP contribution in [0.1, 0.15) is 124 Å². The SMILES string of the molecule is CC(=O)c1ccc2nccc(Nc3ccc(C(=O)Nc4ccc(Cc5ccncc5)cc4)cc3)c2c1.COC(=O)c1ccc2nccc(Nc3ccc(C(=O)Nc4ccc(Cc5ccncc5)cc4)cn3)c2c1.O=C(Nc1ccc(Cc2ccncc2)cc1)c1ccc(Nc2ccnc3ccc(F)cc23)nc1.O=C(O)c1ccc2nccc(Nc3ccc(C(=O)Nc4ccc(Cc5ccncc5)cc4)cn3)c2c1. The van der Waals surface area contributed by atoms with E-state index in [0.717, 1.165) is 92.5 Å². The van der Waals surface area contributed by atoms with Gasteiger partial charge in [0.05, 0.1) is 74.1 Å². The smallest absolute Gasteiger partial charge is 0.337 e. The number of nitrogens with one attached hydrogen (secondary N) is 8. The number of methoxy groups -OCH3 is 1. The number of nitrogens with zero attached hydrogens (tertiary/aromatic N) is 11. The first-order valence-corrected chi connectivity index (χ1v) is 45.1. The van der Waals surface area contributed by atoms with Crippen LogP contribution in [-0.2, 0) is 30.4 Å². The van der Waals surface area contributed by atoms with Crippen LogP contribution in [0.5, 0.6) is 0 Å². The van der Waals surface area contributed by atoms with Crippen LogP contribution in [0.15, 0.2) is 396 Å². The summed E-state index contributed by atoms with van der Waals surface area (Å²) < 4.78 is 18.5. The maximum atomic E-state index is 13.7. The predicted octanol–water partition coefficient (Wildman–Crippen LogP) is 22.9. The maximum absolute atomic E-state index is 13.7. The summed E-state index contributed by atoms with van der Waals surface area (Å²) in [4.78, 5) is 132. The van der Waals surface area contributed by atoms with Crippen LogP contribution in [0.2, 0.25) is 0 Å². The maximum Gasteiger partial charge on any atom is 0.337 e. The Bertz CT molecular complexity index is 7700. The van der Waals surface area contributed by atoms with Crippen LogP contribution in [-0.4, -0.2) is 108 Å². The van der Waals surface area contributed by atoms with Gasteiger partial charge in [-0.1, -0.05) is 48.5 Å². The number of halogens is 1. The van der Waals surface area contributed by atoms with Gasteiger partial charge in [-0.3, -0.25) is 63.8 Å². The summed E-state index contributed by atoms with van der Waals surface area (Å²) >= 11 is 0. The van der Waals surface area contributed by atoms with Crippen molar-refractivity contribution in [3.63, 3.8) is 0 Å². The lowest BCUT2D eigenvalue weighted by molar-refractivity contribution is 0.0599. The van der Waals surface area contributed by atoms with Crippen molar-refractivity contribution in [2.75, 3.05) is 49.6 Å². The van der Waals surface area contributed by atoms with Crippen molar-refractivity contribution in [3.8, 4) is 0 Å². The number of fused-ring (bicyclic) bond motifs is 4. The molecule has 0 aliphatic carbocycles. The highest BCUT2D eigenvalue weighted by Gasteiger charge is 2.18. The summed E-state index contributed by atoms with van der Waals surface area (Å²) in [5.41, 5.74) is 21.8. The van der Waals surface area contributed by atoms with E-state index in [1.54, 1.807) is 190 Å². The van der Waals surface area contributed by atoms with Gasteiger partial charge in [0.25, 0.3) is 23.6 Å². The molecule has 0 bridgehead atoms. The molecule has 4 amide bonds. The average molecular weight is 1890 g/mol. The number of anilines is 12. The van der Waals surface area contributed by atoms with Gasteiger partial charge in [-0.05, 0) is 332 Å². The molecule has 11 heterocycles. The summed E-state index contributed by atoms with van der Waals surface area (Å²) in [5.74, 6) is -1.12. The minimum Gasteiger partial charge on any atom is -0.478 e. The first kappa shape index (κ1) is 95.0. The summed E-state index contributed by atoms with van der Waals surface area (Å²) in [6.07, 6.45) is 28.6. The normalized spacial score (nSPS) is 10.7. The van der Waals surface area contributed by atoms with Gasteiger partial charge in [0, 0.05) is 160 Å². The van der Waals surface area contributed by atoms with Gasteiger partial charge in [-0.25, -0.2) is 28.9 Å². The van der Waals surface area contributed by atoms with Gasteiger partial charge >= 0.3 is 11.9 Å². The van der Waals surface area contributed by atoms with Gasteiger partial charge in [0.15, 0.2) is 5.78 Å². The molecule has 20 aromatic rings. The monoisotopic (exact) mass is 1890 g/mol. The Hall–Kier alpha value is -19.7. The van der Waals surface area contributed by atoms with Crippen LogP contribution in [0.25, 0.3) is 43.6 Å². The van der Waals surface area contributed by atoms with Crippen molar-refractivity contribution in [2.24, 2.45) is 0 Å². The number of carbonyl (C=O) groups excluding carboxylic acids is 6. The third kappa shape index (κ3) is 25.7. The molecule has 0 aliphatic rings. The summed E-state index contributed by atoms with van der Waals surface area (Å²) in [5, 5.41) is 36.8. The Kier molecular flexibility index (Phi) is 30.4.